The first-order chi connectivity index (χ1) is 8.97. The van der Waals surface area contributed by atoms with E-state index in [4.69, 9.17) is 0 Å². The van der Waals surface area contributed by atoms with E-state index in [1.165, 1.54) is 6.20 Å². The smallest absolute Gasteiger partial charge is 0.229 e. The molecule has 0 spiro atoms. The molecule has 0 atom stereocenters. The number of pyridine rings is 1. The molecule has 1 N–H and O–H groups in total. The van der Waals surface area contributed by atoms with Gasteiger partial charge in [0.2, 0.25) is 10.0 Å². The van der Waals surface area contributed by atoms with E-state index in [1.54, 1.807) is 42.6 Å². The molecule has 6 heteroatoms. The van der Waals surface area contributed by atoms with Crippen LogP contribution in [0.25, 0.3) is 0 Å². The molecule has 0 saturated heterocycles. The van der Waals surface area contributed by atoms with Crippen molar-refractivity contribution in [2.24, 2.45) is 0 Å². The van der Waals surface area contributed by atoms with Crippen molar-refractivity contribution in [1.82, 2.24) is 4.98 Å². The molecule has 0 aliphatic heterocycles. The minimum absolute atomic E-state index is 0.263. The lowest BCUT2D eigenvalue weighted by molar-refractivity contribution is 0.103. The molecule has 19 heavy (non-hydrogen) atoms. The molecule has 0 saturated carbocycles. The Kier molecular flexibility index (Phi) is 3.62. The quantitative estimate of drug-likeness (QED) is 0.862. The van der Waals surface area contributed by atoms with Gasteiger partial charge in [0.05, 0.1) is 11.9 Å². The molecule has 98 valence electrons. The van der Waals surface area contributed by atoms with Crippen LogP contribution >= 0.6 is 0 Å². The van der Waals surface area contributed by atoms with Gasteiger partial charge in [-0.2, -0.15) is 0 Å². The van der Waals surface area contributed by atoms with Gasteiger partial charge in [-0.05, 0) is 24.3 Å². The number of anilines is 1. The second kappa shape index (κ2) is 5.19. The number of nitrogens with one attached hydrogen (secondary N) is 1. The van der Waals surface area contributed by atoms with Crippen molar-refractivity contribution < 1.29 is 13.2 Å². The number of aromatic nitrogens is 1. The molecule has 0 aliphatic carbocycles. The van der Waals surface area contributed by atoms with E-state index in [2.05, 4.69) is 9.71 Å². The summed E-state index contributed by atoms with van der Waals surface area (Å²) in [6, 6.07) is 9.74. The second-order valence-electron chi connectivity index (χ2n) is 3.99. The Morgan fingerprint density at radius 1 is 1.16 bits per heavy atom. The third-order valence-electron chi connectivity index (χ3n) is 2.39. The van der Waals surface area contributed by atoms with E-state index in [9.17, 15) is 13.2 Å². The molecule has 0 bridgehead atoms. The predicted molar refractivity (Wildman–Crippen MR) is 72.6 cm³/mol. The summed E-state index contributed by atoms with van der Waals surface area (Å²) in [7, 11) is -3.43. The predicted octanol–water partition coefficient (Wildman–Crippen LogP) is 1.68. The van der Waals surface area contributed by atoms with Crippen LogP contribution in [-0.2, 0) is 10.0 Å². The summed E-state index contributed by atoms with van der Waals surface area (Å²) in [5.74, 6) is -0.278. The van der Waals surface area contributed by atoms with E-state index >= 15 is 0 Å². The first-order valence-electron chi connectivity index (χ1n) is 5.49. The van der Waals surface area contributed by atoms with Crippen molar-refractivity contribution in [3.63, 3.8) is 0 Å². The van der Waals surface area contributed by atoms with Crippen LogP contribution in [0.4, 0.5) is 5.69 Å². The van der Waals surface area contributed by atoms with Crippen LogP contribution in [-0.4, -0.2) is 25.4 Å². The molecule has 2 aromatic rings. The van der Waals surface area contributed by atoms with Gasteiger partial charge in [0.25, 0.3) is 0 Å². The minimum Gasteiger partial charge on any atom is -0.288 e. The molecule has 0 unspecified atom stereocenters. The highest BCUT2D eigenvalue weighted by Gasteiger charge is 2.15. The molecule has 0 fully saturated rings. The molecule has 0 amide bonds. The normalized spacial score (nSPS) is 11.0. The molecule has 1 aromatic heterocycles. The number of nitrogens with zero attached hydrogens (tertiary/aromatic N) is 1. The Balaban J connectivity index is 2.43. The van der Waals surface area contributed by atoms with Crippen LogP contribution in [0.1, 0.15) is 15.9 Å². The first-order valence-corrected chi connectivity index (χ1v) is 7.38. The van der Waals surface area contributed by atoms with Gasteiger partial charge in [0.1, 0.15) is 0 Å². The van der Waals surface area contributed by atoms with Crippen LogP contribution < -0.4 is 4.72 Å². The minimum atomic E-state index is -3.43. The highest BCUT2D eigenvalue weighted by Crippen LogP contribution is 2.19. The van der Waals surface area contributed by atoms with E-state index in [0.717, 1.165) is 6.26 Å². The lowest BCUT2D eigenvalue weighted by Gasteiger charge is -2.09. The molecule has 1 heterocycles. The maximum Gasteiger partial charge on any atom is 0.229 e. The average molecular weight is 276 g/mol. The molecular weight excluding hydrogens is 264 g/mol. The van der Waals surface area contributed by atoms with E-state index < -0.39 is 10.0 Å². The van der Waals surface area contributed by atoms with Gasteiger partial charge in [-0.25, -0.2) is 8.42 Å². The van der Waals surface area contributed by atoms with Crippen LogP contribution in [0.3, 0.4) is 0 Å². The molecule has 5 nitrogen and oxygen atoms in total. The first kappa shape index (κ1) is 13.2. The topological polar surface area (TPSA) is 76.1 Å². The standard InChI is InChI=1S/C13H12N2O3S/c1-19(17,18)15-12-7-3-2-6-11(12)13(16)10-5-4-8-14-9-10/h2-9,15H,1H3. The number of hydrogen-bond acceptors (Lipinski definition) is 4. The highest BCUT2D eigenvalue weighted by atomic mass is 32.2. The van der Waals surface area contributed by atoms with Gasteiger partial charge >= 0.3 is 0 Å². The zero-order valence-corrected chi connectivity index (χ0v) is 11.0. The summed E-state index contributed by atoms with van der Waals surface area (Å²) >= 11 is 0. The average Bonchev–Trinajstić information content (AvgIpc) is 2.38. The Labute approximate surface area is 111 Å². The largest absolute Gasteiger partial charge is 0.288 e. The van der Waals surface area contributed by atoms with Crippen LogP contribution in [0.5, 0.6) is 0 Å². The van der Waals surface area contributed by atoms with Gasteiger partial charge in [0, 0.05) is 23.5 Å². The molecular formula is C13H12N2O3S. The van der Waals surface area contributed by atoms with E-state index in [0.29, 0.717) is 11.1 Å². The third-order valence-corrected chi connectivity index (χ3v) is 2.98. The van der Waals surface area contributed by atoms with Crippen LogP contribution in [0.15, 0.2) is 48.8 Å². The van der Waals surface area contributed by atoms with E-state index in [-0.39, 0.29) is 11.5 Å². The Bertz CT molecular complexity index is 697. The fraction of sp³-hybridized carbons (Fsp3) is 0.0769. The SMILES string of the molecule is CS(=O)(=O)Nc1ccccc1C(=O)c1cccnc1. The number of carbonyl (C=O) groups is 1. The van der Waals surface area contributed by atoms with Crippen LogP contribution in [0.2, 0.25) is 0 Å². The zero-order valence-electron chi connectivity index (χ0n) is 10.2. The van der Waals surface area contributed by atoms with Crippen molar-refractivity contribution in [2.75, 3.05) is 11.0 Å². The van der Waals surface area contributed by atoms with Crippen molar-refractivity contribution in [3.05, 3.63) is 59.9 Å². The summed E-state index contributed by atoms with van der Waals surface area (Å²) in [6.45, 7) is 0. The van der Waals surface area contributed by atoms with Gasteiger partial charge < -0.3 is 0 Å². The van der Waals surface area contributed by atoms with Gasteiger partial charge in [-0.3, -0.25) is 14.5 Å². The lowest BCUT2D eigenvalue weighted by atomic mass is 10.0. The van der Waals surface area contributed by atoms with Crippen molar-refractivity contribution >= 4 is 21.5 Å². The zero-order chi connectivity index (χ0) is 13.9. The number of benzene rings is 1. The molecule has 2 rings (SSSR count). The third kappa shape index (κ3) is 3.38. The fourth-order valence-electron chi connectivity index (χ4n) is 1.62. The summed E-state index contributed by atoms with van der Waals surface area (Å²) < 4.78 is 24.9. The number of sulfonamides is 1. The van der Waals surface area contributed by atoms with Gasteiger partial charge in [-0.1, -0.05) is 12.1 Å². The van der Waals surface area contributed by atoms with Gasteiger partial charge in [0.15, 0.2) is 5.78 Å². The maximum atomic E-state index is 12.3. The summed E-state index contributed by atoms with van der Waals surface area (Å²) in [5.41, 5.74) is 0.963. The van der Waals surface area contributed by atoms with E-state index in [1.807, 2.05) is 0 Å². The second-order valence-corrected chi connectivity index (χ2v) is 5.74. The monoisotopic (exact) mass is 276 g/mol. The number of carbonyl (C=O) groups excluding carboxylic acids is 1. The molecule has 1 aromatic carbocycles. The Morgan fingerprint density at radius 2 is 1.89 bits per heavy atom. The Morgan fingerprint density at radius 3 is 2.53 bits per heavy atom. The molecule has 0 radical (unpaired) electrons. The van der Waals surface area contributed by atoms with Gasteiger partial charge in [-0.15, -0.1) is 0 Å². The Hall–Kier alpha value is -2.21. The maximum absolute atomic E-state index is 12.3. The summed E-state index contributed by atoms with van der Waals surface area (Å²) in [5, 5.41) is 0. The van der Waals surface area contributed by atoms with Crippen molar-refractivity contribution in [3.8, 4) is 0 Å². The summed E-state index contributed by atoms with van der Waals surface area (Å²) in [6.07, 6.45) is 4.05. The van der Waals surface area contributed by atoms with Crippen molar-refractivity contribution in [2.45, 2.75) is 0 Å². The lowest BCUT2D eigenvalue weighted by Crippen LogP contribution is -2.13. The number of ketones is 1. The number of para-hydroxylation sites is 1. The summed E-state index contributed by atoms with van der Waals surface area (Å²) in [4.78, 5) is 16.2. The molecule has 0 aliphatic rings. The highest BCUT2D eigenvalue weighted by molar-refractivity contribution is 7.92. The van der Waals surface area contributed by atoms with Crippen LogP contribution in [0, 0.1) is 0 Å². The van der Waals surface area contributed by atoms with Crippen molar-refractivity contribution in [1.29, 1.82) is 0 Å². The fourth-order valence-corrected chi connectivity index (χ4v) is 2.20. The number of hydrogen-bond donors (Lipinski definition) is 1. The number of rotatable bonds is 4.